The molecule has 1 N–H and O–H groups in total. The van der Waals surface area contributed by atoms with Gasteiger partial charge in [0.15, 0.2) is 5.84 Å². The van der Waals surface area contributed by atoms with E-state index in [0.29, 0.717) is 5.17 Å². The predicted octanol–water partition coefficient (Wildman–Crippen LogP) is 5.91. The highest BCUT2D eigenvalue weighted by Crippen LogP contribution is 2.32. The lowest BCUT2D eigenvalue weighted by Gasteiger charge is -2.20. The summed E-state index contributed by atoms with van der Waals surface area (Å²) in [6.07, 6.45) is 5.98. The Bertz CT molecular complexity index is 1180. The molecular formula is C25H29N5OS. The molecule has 6 nitrogen and oxygen atoms in total. The summed E-state index contributed by atoms with van der Waals surface area (Å²) in [7, 11) is 0. The minimum absolute atomic E-state index is 0.0925. The van der Waals surface area contributed by atoms with Gasteiger partial charge in [-0.1, -0.05) is 38.0 Å². The van der Waals surface area contributed by atoms with E-state index in [0.717, 1.165) is 53.4 Å². The van der Waals surface area contributed by atoms with Gasteiger partial charge in [0.25, 0.3) is 5.91 Å². The van der Waals surface area contributed by atoms with Crippen molar-refractivity contribution in [3.05, 3.63) is 57.9 Å². The molecular weight excluding hydrogens is 418 g/mol. The number of carbonyl (C=O) groups is 1. The third-order valence-corrected chi connectivity index (χ3v) is 6.89. The molecule has 0 bridgehead atoms. The molecule has 0 radical (unpaired) electrons. The number of fused-ring (bicyclic) bond motifs is 1. The molecule has 0 fully saturated rings. The minimum atomic E-state index is -0.379. The van der Waals surface area contributed by atoms with E-state index in [2.05, 4.69) is 66.6 Å². The van der Waals surface area contributed by atoms with Gasteiger partial charge in [0, 0.05) is 11.4 Å². The van der Waals surface area contributed by atoms with Crippen LogP contribution in [0.25, 0.3) is 11.8 Å². The van der Waals surface area contributed by atoms with Gasteiger partial charge in [-0.25, -0.2) is 0 Å². The molecule has 1 aromatic heterocycles. The van der Waals surface area contributed by atoms with E-state index in [-0.39, 0.29) is 17.3 Å². The molecule has 0 saturated heterocycles. The molecule has 3 heterocycles. The van der Waals surface area contributed by atoms with Gasteiger partial charge in [0.2, 0.25) is 5.17 Å². The number of nitrogens with one attached hydrogen (secondary N) is 1. The number of para-hydroxylation sites is 1. The maximum absolute atomic E-state index is 12.8. The van der Waals surface area contributed by atoms with Gasteiger partial charge in [-0.15, -0.1) is 0 Å². The highest BCUT2D eigenvalue weighted by atomic mass is 32.2. The number of amides is 1. The van der Waals surface area contributed by atoms with E-state index in [1.807, 2.05) is 6.92 Å². The number of thioether (sulfide) groups is 1. The summed E-state index contributed by atoms with van der Waals surface area (Å²) in [6.45, 7) is 10.5. The zero-order valence-corrected chi connectivity index (χ0v) is 20.1. The van der Waals surface area contributed by atoms with Crippen molar-refractivity contribution in [2.75, 3.05) is 0 Å². The summed E-state index contributed by atoms with van der Waals surface area (Å²) in [5.41, 5.74) is 6.85. The number of benzene rings is 1. The average molecular weight is 448 g/mol. The van der Waals surface area contributed by atoms with Crippen molar-refractivity contribution in [1.29, 1.82) is 5.41 Å². The van der Waals surface area contributed by atoms with Crippen LogP contribution in [0.2, 0.25) is 0 Å². The number of hydrogen-bond acceptors (Lipinski definition) is 4. The number of hydrogen-bond donors (Lipinski definition) is 1. The van der Waals surface area contributed by atoms with E-state index >= 15 is 0 Å². The van der Waals surface area contributed by atoms with Gasteiger partial charge in [0.1, 0.15) is 5.04 Å². The Labute approximate surface area is 193 Å². The smallest absolute Gasteiger partial charge is 0.283 e. The second-order valence-corrected chi connectivity index (χ2v) is 9.41. The monoisotopic (exact) mass is 447 g/mol. The van der Waals surface area contributed by atoms with Gasteiger partial charge in [-0.3, -0.25) is 10.2 Å². The van der Waals surface area contributed by atoms with Crippen LogP contribution in [0.5, 0.6) is 0 Å². The van der Waals surface area contributed by atoms with Gasteiger partial charge < -0.3 is 4.57 Å². The minimum Gasteiger partial charge on any atom is -0.317 e. The van der Waals surface area contributed by atoms with E-state index in [4.69, 9.17) is 5.41 Å². The first-order chi connectivity index (χ1) is 15.3. The normalized spacial score (nSPS) is 17.2. The Morgan fingerprint density at radius 1 is 1.12 bits per heavy atom. The Hall–Kier alpha value is -2.93. The molecule has 4 rings (SSSR count). The molecule has 1 aromatic carbocycles. The molecule has 2 aromatic rings. The van der Waals surface area contributed by atoms with E-state index < -0.39 is 0 Å². The van der Waals surface area contributed by atoms with Crippen LogP contribution < -0.4 is 0 Å². The molecule has 2 aliphatic heterocycles. The van der Waals surface area contributed by atoms with Crippen molar-refractivity contribution in [2.45, 2.75) is 60.3 Å². The Balaban J connectivity index is 1.68. The van der Waals surface area contributed by atoms with Gasteiger partial charge in [0.05, 0.1) is 11.3 Å². The molecule has 2 aliphatic rings. The zero-order valence-electron chi connectivity index (χ0n) is 19.3. The first kappa shape index (κ1) is 22.3. The molecule has 0 aliphatic carbocycles. The standard InChI is InChI=1S/C25H29N5OS/c1-6-7-8-12-21-28-30-23(26)20(24(31)27-25(30)32-21)14-19-13-17(4)29(18(19)5)22-15(2)10-9-11-16(22)3/h9-11,13-14,26H,6-8,12H2,1-5H3. The highest BCUT2D eigenvalue weighted by molar-refractivity contribution is 8.26. The average Bonchev–Trinajstić information content (AvgIpc) is 3.26. The quantitative estimate of drug-likeness (QED) is 0.442. The summed E-state index contributed by atoms with van der Waals surface area (Å²) >= 11 is 1.40. The number of aliphatic imine (C=N–C) groups is 1. The van der Waals surface area contributed by atoms with Crippen LogP contribution in [0, 0.1) is 33.1 Å². The number of unbranched alkanes of at least 4 members (excludes halogenated alkanes) is 2. The van der Waals surface area contributed by atoms with Crippen molar-refractivity contribution >= 4 is 39.8 Å². The van der Waals surface area contributed by atoms with Gasteiger partial charge >= 0.3 is 0 Å². The SMILES string of the molecule is CCCCCC1=NN2C(=N)C(=Cc3cc(C)n(-c4c(C)cccc4C)c3C)C(=O)N=C2S1. The van der Waals surface area contributed by atoms with Crippen molar-refractivity contribution in [3.8, 4) is 5.69 Å². The van der Waals surface area contributed by atoms with Crippen molar-refractivity contribution < 1.29 is 4.79 Å². The maximum atomic E-state index is 12.8. The van der Waals surface area contributed by atoms with Crippen molar-refractivity contribution in [2.24, 2.45) is 10.1 Å². The fraction of sp³-hybridized carbons (Fsp3) is 0.360. The molecule has 0 spiro atoms. The van der Waals surface area contributed by atoms with Crippen LogP contribution in [-0.4, -0.2) is 31.5 Å². The Morgan fingerprint density at radius 3 is 2.53 bits per heavy atom. The van der Waals surface area contributed by atoms with Crippen LogP contribution in [0.4, 0.5) is 0 Å². The summed E-state index contributed by atoms with van der Waals surface area (Å²) < 4.78 is 2.22. The fourth-order valence-corrected chi connectivity index (χ4v) is 5.18. The second kappa shape index (κ2) is 8.90. The predicted molar refractivity (Wildman–Crippen MR) is 134 cm³/mol. The van der Waals surface area contributed by atoms with Crippen molar-refractivity contribution in [3.63, 3.8) is 0 Å². The number of hydrazone groups is 1. The molecule has 0 atom stereocenters. The fourth-order valence-electron chi connectivity index (χ4n) is 4.25. The summed E-state index contributed by atoms with van der Waals surface area (Å²) in [6, 6.07) is 8.34. The molecule has 0 unspecified atom stereocenters. The number of carbonyl (C=O) groups excluding carboxylic acids is 1. The third kappa shape index (κ3) is 3.97. The number of rotatable bonds is 6. The lowest BCUT2D eigenvalue weighted by Crippen LogP contribution is -2.35. The first-order valence-electron chi connectivity index (χ1n) is 11.1. The third-order valence-electron chi connectivity index (χ3n) is 5.92. The number of aryl methyl sites for hydroxylation is 3. The first-order valence-corrected chi connectivity index (χ1v) is 11.9. The molecule has 166 valence electrons. The largest absolute Gasteiger partial charge is 0.317 e. The number of aromatic nitrogens is 1. The Morgan fingerprint density at radius 2 is 1.84 bits per heavy atom. The van der Waals surface area contributed by atoms with Crippen molar-refractivity contribution in [1.82, 2.24) is 9.58 Å². The zero-order chi connectivity index (χ0) is 23.0. The highest BCUT2D eigenvalue weighted by Gasteiger charge is 2.35. The number of amidine groups is 2. The molecule has 7 heteroatoms. The van der Waals surface area contributed by atoms with E-state index in [1.165, 1.54) is 27.9 Å². The van der Waals surface area contributed by atoms with Gasteiger partial charge in [-0.2, -0.15) is 15.1 Å². The van der Waals surface area contributed by atoms with E-state index in [9.17, 15) is 4.79 Å². The molecule has 1 amide bonds. The van der Waals surface area contributed by atoms with Crippen LogP contribution in [0.1, 0.15) is 60.7 Å². The van der Waals surface area contributed by atoms with Crippen LogP contribution >= 0.6 is 11.8 Å². The number of nitrogens with zero attached hydrogens (tertiary/aromatic N) is 4. The summed E-state index contributed by atoms with van der Waals surface area (Å²) in [4.78, 5) is 17.0. The summed E-state index contributed by atoms with van der Waals surface area (Å²) in [5, 5.41) is 16.1. The molecule has 32 heavy (non-hydrogen) atoms. The lowest BCUT2D eigenvalue weighted by molar-refractivity contribution is -0.114. The lowest BCUT2D eigenvalue weighted by atomic mass is 10.1. The van der Waals surface area contributed by atoms with Gasteiger partial charge in [-0.05, 0) is 81.1 Å². The Kier molecular flexibility index (Phi) is 6.20. The van der Waals surface area contributed by atoms with Crippen LogP contribution in [0.3, 0.4) is 0 Å². The van der Waals surface area contributed by atoms with Crippen LogP contribution in [0.15, 0.2) is 39.9 Å². The maximum Gasteiger partial charge on any atom is 0.283 e. The topological polar surface area (TPSA) is 73.8 Å². The second-order valence-electron chi connectivity index (χ2n) is 8.37. The summed E-state index contributed by atoms with van der Waals surface area (Å²) in [5.74, 6) is -0.287. The molecule has 0 saturated carbocycles. The van der Waals surface area contributed by atoms with E-state index in [1.54, 1.807) is 6.08 Å². The van der Waals surface area contributed by atoms with Crippen LogP contribution in [-0.2, 0) is 4.79 Å².